The summed E-state index contributed by atoms with van der Waals surface area (Å²) < 4.78 is 0. The van der Waals surface area contributed by atoms with Crippen LogP contribution in [-0.2, 0) is 17.9 Å². The van der Waals surface area contributed by atoms with Crippen LogP contribution in [0.4, 0.5) is 5.69 Å². The molecular formula is C16H17ClN2O2. The van der Waals surface area contributed by atoms with Crippen molar-refractivity contribution in [3.05, 3.63) is 64.7 Å². The van der Waals surface area contributed by atoms with Crippen LogP contribution in [0, 0.1) is 0 Å². The predicted octanol–water partition coefficient (Wildman–Crippen LogP) is 2.56. The molecule has 5 heteroatoms. The normalized spacial score (nSPS) is 10.4. The van der Waals surface area contributed by atoms with Gasteiger partial charge < -0.3 is 15.7 Å². The number of carbonyl (C=O) groups is 1. The van der Waals surface area contributed by atoms with Crippen molar-refractivity contribution in [2.75, 3.05) is 11.9 Å². The summed E-state index contributed by atoms with van der Waals surface area (Å²) in [5, 5.41) is 15.4. The van der Waals surface area contributed by atoms with Crippen LogP contribution >= 0.6 is 11.6 Å². The molecule has 21 heavy (non-hydrogen) atoms. The standard InChI is InChI=1S/C16H17ClN2O2/c17-14-2-1-3-15(8-14)19-16(21)10-18-9-12-4-6-13(11-20)7-5-12/h1-8,18,20H,9-11H2,(H,19,21). The number of amides is 1. The smallest absolute Gasteiger partial charge is 0.238 e. The summed E-state index contributed by atoms with van der Waals surface area (Å²) >= 11 is 5.85. The van der Waals surface area contributed by atoms with Crippen molar-refractivity contribution in [3.63, 3.8) is 0 Å². The number of hydrogen-bond donors (Lipinski definition) is 3. The summed E-state index contributed by atoms with van der Waals surface area (Å²) in [5.74, 6) is -0.121. The summed E-state index contributed by atoms with van der Waals surface area (Å²) in [7, 11) is 0. The number of nitrogens with one attached hydrogen (secondary N) is 2. The Morgan fingerprint density at radius 1 is 1.10 bits per heavy atom. The van der Waals surface area contributed by atoms with E-state index in [9.17, 15) is 4.79 Å². The van der Waals surface area contributed by atoms with E-state index >= 15 is 0 Å². The lowest BCUT2D eigenvalue weighted by molar-refractivity contribution is -0.115. The number of hydrogen-bond acceptors (Lipinski definition) is 3. The van der Waals surface area contributed by atoms with E-state index in [-0.39, 0.29) is 19.1 Å². The second kappa shape index (κ2) is 7.78. The molecule has 0 fully saturated rings. The molecule has 1 amide bonds. The van der Waals surface area contributed by atoms with Gasteiger partial charge in [0.1, 0.15) is 0 Å². The Morgan fingerprint density at radius 2 is 1.81 bits per heavy atom. The van der Waals surface area contributed by atoms with Gasteiger partial charge in [-0.2, -0.15) is 0 Å². The SMILES string of the molecule is O=C(CNCc1ccc(CO)cc1)Nc1cccc(Cl)c1. The molecule has 2 rings (SSSR count). The molecule has 0 radical (unpaired) electrons. The van der Waals surface area contributed by atoms with E-state index in [2.05, 4.69) is 10.6 Å². The third-order valence-corrected chi connectivity index (χ3v) is 3.16. The van der Waals surface area contributed by atoms with Crippen LogP contribution in [0.25, 0.3) is 0 Å². The number of anilines is 1. The molecule has 0 unspecified atom stereocenters. The molecule has 4 nitrogen and oxygen atoms in total. The van der Waals surface area contributed by atoms with Gasteiger partial charge in [0.15, 0.2) is 0 Å². The highest BCUT2D eigenvalue weighted by atomic mass is 35.5. The number of rotatable bonds is 6. The van der Waals surface area contributed by atoms with Crippen LogP contribution < -0.4 is 10.6 Å². The van der Waals surface area contributed by atoms with Crippen LogP contribution in [-0.4, -0.2) is 17.6 Å². The average molecular weight is 305 g/mol. The van der Waals surface area contributed by atoms with E-state index < -0.39 is 0 Å². The van der Waals surface area contributed by atoms with E-state index in [0.717, 1.165) is 11.1 Å². The first kappa shape index (κ1) is 15.5. The van der Waals surface area contributed by atoms with Crippen molar-refractivity contribution in [2.45, 2.75) is 13.2 Å². The third-order valence-electron chi connectivity index (χ3n) is 2.93. The zero-order valence-corrected chi connectivity index (χ0v) is 12.2. The highest BCUT2D eigenvalue weighted by Crippen LogP contribution is 2.14. The number of halogens is 1. The second-order valence-electron chi connectivity index (χ2n) is 4.64. The maximum atomic E-state index is 11.8. The first-order chi connectivity index (χ1) is 10.2. The van der Waals surface area contributed by atoms with E-state index in [1.54, 1.807) is 24.3 Å². The van der Waals surface area contributed by atoms with Crippen LogP contribution in [0.2, 0.25) is 5.02 Å². The van der Waals surface area contributed by atoms with Gasteiger partial charge in [0.25, 0.3) is 0 Å². The van der Waals surface area contributed by atoms with Crippen LogP contribution in [0.3, 0.4) is 0 Å². The maximum absolute atomic E-state index is 11.8. The minimum absolute atomic E-state index is 0.0375. The predicted molar refractivity (Wildman–Crippen MR) is 84.2 cm³/mol. The van der Waals surface area contributed by atoms with Gasteiger partial charge in [-0.25, -0.2) is 0 Å². The Labute approximate surface area is 128 Å². The summed E-state index contributed by atoms with van der Waals surface area (Å²) in [6, 6.07) is 14.6. The maximum Gasteiger partial charge on any atom is 0.238 e. The molecule has 0 aliphatic carbocycles. The molecule has 2 aromatic rings. The van der Waals surface area contributed by atoms with Gasteiger partial charge in [0.2, 0.25) is 5.91 Å². The summed E-state index contributed by atoms with van der Waals surface area (Å²) in [4.78, 5) is 11.8. The Balaban J connectivity index is 1.76. The molecule has 0 aliphatic heterocycles. The Hall–Kier alpha value is -1.88. The topological polar surface area (TPSA) is 61.4 Å². The number of aliphatic hydroxyl groups is 1. The van der Waals surface area contributed by atoms with E-state index in [1.165, 1.54) is 0 Å². The van der Waals surface area contributed by atoms with Crippen molar-refractivity contribution < 1.29 is 9.90 Å². The largest absolute Gasteiger partial charge is 0.392 e. The molecule has 0 saturated heterocycles. The first-order valence-corrected chi connectivity index (χ1v) is 7.00. The lowest BCUT2D eigenvalue weighted by Crippen LogP contribution is -2.27. The van der Waals surface area contributed by atoms with Gasteiger partial charge >= 0.3 is 0 Å². The number of carbonyl (C=O) groups excluding carboxylic acids is 1. The molecule has 0 spiro atoms. The van der Waals surface area contributed by atoms with Gasteiger partial charge in [-0.3, -0.25) is 4.79 Å². The van der Waals surface area contributed by atoms with E-state index in [4.69, 9.17) is 16.7 Å². The molecule has 0 atom stereocenters. The lowest BCUT2D eigenvalue weighted by Gasteiger charge is -2.07. The van der Waals surface area contributed by atoms with Crippen molar-refractivity contribution in [2.24, 2.45) is 0 Å². The highest BCUT2D eigenvalue weighted by Gasteiger charge is 2.02. The molecule has 2 aromatic carbocycles. The van der Waals surface area contributed by atoms with E-state index in [0.29, 0.717) is 17.3 Å². The minimum Gasteiger partial charge on any atom is -0.392 e. The minimum atomic E-state index is -0.121. The van der Waals surface area contributed by atoms with Gasteiger partial charge in [0.05, 0.1) is 13.2 Å². The molecule has 110 valence electrons. The van der Waals surface area contributed by atoms with E-state index in [1.807, 2.05) is 24.3 Å². The zero-order chi connectivity index (χ0) is 15.1. The van der Waals surface area contributed by atoms with Crippen molar-refractivity contribution >= 4 is 23.2 Å². The molecular weight excluding hydrogens is 288 g/mol. The Morgan fingerprint density at radius 3 is 2.48 bits per heavy atom. The lowest BCUT2D eigenvalue weighted by atomic mass is 10.1. The van der Waals surface area contributed by atoms with Crippen LogP contribution in [0.1, 0.15) is 11.1 Å². The summed E-state index contributed by atoms with van der Waals surface area (Å²) in [6.07, 6.45) is 0. The van der Waals surface area contributed by atoms with Crippen molar-refractivity contribution in [3.8, 4) is 0 Å². The first-order valence-electron chi connectivity index (χ1n) is 6.62. The van der Waals surface area contributed by atoms with Gasteiger partial charge in [-0.1, -0.05) is 41.9 Å². The van der Waals surface area contributed by atoms with Gasteiger partial charge in [0, 0.05) is 17.3 Å². The second-order valence-corrected chi connectivity index (χ2v) is 5.07. The quantitative estimate of drug-likeness (QED) is 0.768. The van der Waals surface area contributed by atoms with Gasteiger partial charge in [-0.15, -0.1) is 0 Å². The van der Waals surface area contributed by atoms with Crippen LogP contribution in [0.15, 0.2) is 48.5 Å². The number of benzene rings is 2. The molecule has 0 heterocycles. The van der Waals surface area contributed by atoms with Crippen molar-refractivity contribution in [1.82, 2.24) is 5.32 Å². The fourth-order valence-electron chi connectivity index (χ4n) is 1.85. The van der Waals surface area contributed by atoms with Crippen LogP contribution in [0.5, 0.6) is 0 Å². The highest BCUT2D eigenvalue weighted by molar-refractivity contribution is 6.30. The monoisotopic (exact) mass is 304 g/mol. The molecule has 0 bridgehead atoms. The fourth-order valence-corrected chi connectivity index (χ4v) is 2.04. The van der Waals surface area contributed by atoms with Crippen molar-refractivity contribution in [1.29, 1.82) is 0 Å². The van der Waals surface area contributed by atoms with Gasteiger partial charge in [-0.05, 0) is 29.3 Å². The number of aliphatic hydroxyl groups excluding tert-OH is 1. The summed E-state index contributed by atoms with van der Waals surface area (Å²) in [5.41, 5.74) is 2.61. The summed E-state index contributed by atoms with van der Waals surface area (Å²) in [6.45, 7) is 0.846. The fraction of sp³-hybridized carbons (Fsp3) is 0.188. The Bertz CT molecular complexity index is 599. The third kappa shape index (κ3) is 5.19. The molecule has 0 aromatic heterocycles. The molecule has 3 N–H and O–H groups in total. The molecule has 0 aliphatic rings. The molecule has 0 saturated carbocycles. The average Bonchev–Trinajstić information content (AvgIpc) is 2.48. The Kier molecular flexibility index (Phi) is 5.75. The zero-order valence-electron chi connectivity index (χ0n) is 11.5.